The molecule has 680 valence electrons. The molecule has 0 bridgehead atoms. The van der Waals surface area contributed by atoms with Crippen molar-refractivity contribution < 1.29 is 59.8 Å². The van der Waals surface area contributed by atoms with E-state index in [1.165, 1.54) is 25.3 Å². The van der Waals surface area contributed by atoms with Gasteiger partial charge in [-0.3, -0.25) is 0 Å². The maximum Gasteiger partial charge on any atom is 0.143 e. The van der Waals surface area contributed by atoms with E-state index in [-0.39, 0.29) is 48.6 Å². The molecule has 0 amide bonds. The molecule has 4 aliphatic heterocycles. The molecule has 36 heteroatoms. The molecule has 12 aromatic heterocycles. The van der Waals surface area contributed by atoms with Crippen molar-refractivity contribution in [3.8, 4) is 0 Å². The van der Waals surface area contributed by atoms with Crippen molar-refractivity contribution >= 4 is 186 Å². The summed E-state index contributed by atoms with van der Waals surface area (Å²) in [7, 11) is 0. The van der Waals surface area contributed by atoms with Crippen molar-refractivity contribution in [2.45, 2.75) is 176 Å². The van der Waals surface area contributed by atoms with Crippen molar-refractivity contribution in [1.82, 2.24) is 78.1 Å². The fourth-order valence-electron chi connectivity index (χ4n) is 22.1. The van der Waals surface area contributed by atoms with Gasteiger partial charge in [0.25, 0.3) is 0 Å². The molecule has 4 saturated heterocycles. The average Bonchev–Trinajstić information content (AvgIpc) is 1.59. The summed E-state index contributed by atoms with van der Waals surface area (Å²) < 4.78 is 35.7. The number of nitrogen functional groups attached to an aromatic ring is 2. The number of nitrogens with zero attached hydrogens (tertiary/aromatic N) is 16. The summed E-state index contributed by atoms with van der Waals surface area (Å²) in [6, 6.07) is 38.6. The fraction of sp³-hybridized carbons (Fsp3) is 0.375. The van der Waals surface area contributed by atoms with Crippen molar-refractivity contribution in [1.29, 1.82) is 0 Å². The number of benzene rings is 4. The van der Waals surface area contributed by atoms with Gasteiger partial charge in [0, 0.05) is 89.5 Å². The molecule has 8 aliphatic rings. The van der Waals surface area contributed by atoms with E-state index in [2.05, 4.69) is 124 Å². The molecule has 4 aliphatic carbocycles. The van der Waals surface area contributed by atoms with Crippen LogP contribution in [-0.2, 0) is 18.9 Å². The summed E-state index contributed by atoms with van der Waals surface area (Å²) in [5.41, 5.74) is 23.6. The monoisotopic (exact) mass is 2070 g/mol. The molecule has 30 nitrogen and oxygen atoms in total. The predicted molar refractivity (Wildman–Crippen MR) is 511 cm³/mol. The fourth-order valence-corrected chi connectivity index (χ4v) is 23.7. The van der Waals surface area contributed by atoms with Crippen molar-refractivity contribution in [2.75, 3.05) is 37.9 Å². The minimum absolute atomic E-state index is 0.187. The third-order valence-electron chi connectivity index (χ3n) is 29.4. The number of nitrogens with two attached hydrogens (primary N) is 2. The predicted octanol–water partition coefficient (Wildman–Crippen LogP) is 15.9. The number of halogens is 6. The molecule has 12 N–H and O–H groups in total. The number of rotatable bonds is 8. The van der Waals surface area contributed by atoms with Crippen LogP contribution in [0.2, 0.25) is 10.3 Å². The summed E-state index contributed by atoms with van der Waals surface area (Å²) in [6.45, 7) is 9.29. The number of aromatic nitrogens is 16. The van der Waals surface area contributed by atoms with Crippen LogP contribution >= 0.6 is 86.9 Å². The summed E-state index contributed by atoms with van der Waals surface area (Å²) in [4.78, 5) is 52.6. The topological polar surface area (TPSA) is 425 Å². The minimum atomic E-state index is -0.910. The van der Waals surface area contributed by atoms with Gasteiger partial charge in [0.05, 0.1) is 162 Å². The number of aliphatic hydroxyl groups excluding tert-OH is 8. The quantitative estimate of drug-likeness (QED) is 0.0632. The van der Waals surface area contributed by atoms with Gasteiger partial charge in [-0.1, -0.05) is 71.7 Å². The first kappa shape index (κ1) is 89.2. The van der Waals surface area contributed by atoms with Gasteiger partial charge in [-0.05, 0) is 238 Å². The van der Waals surface area contributed by atoms with Gasteiger partial charge in [0.1, 0.15) is 94.3 Å². The van der Waals surface area contributed by atoms with Crippen LogP contribution in [0.4, 0.5) is 11.6 Å². The van der Waals surface area contributed by atoms with Gasteiger partial charge in [0.15, 0.2) is 0 Å². The molecule has 0 radical (unpaired) electrons. The summed E-state index contributed by atoms with van der Waals surface area (Å²) in [6.07, 6.45) is 10.8. The molecular weight excluding hydrogens is 1990 g/mol. The van der Waals surface area contributed by atoms with Gasteiger partial charge in [0.2, 0.25) is 0 Å². The smallest absolute Gasteiger partial charge is 0.143 e. The van der Waals surface area contributed by atoms with Crippen molar-refractivity contribution in [3.05, 3.63) is 245 Å². The van der Waals surface area contributed by atoms with E-state index in [0.29, 0.717) is 99.7 Å². The van der Waals surface area contributed by atoms with Gasteiger partial charge < -0.3 is 89.5 Å². The van der Waals surface area contributed by atoms with Crippen molar-refractivity contribution in [3.63, 3.8) is 0 Å². The first-order valence-corrected chi connectivity index (χ1v) is 47.6. The number of anilines is 2. The summed E-state index contributed by atoms with van der Waals surface area (Å²) in [5, 5.41) is 97.3. The Bertz CT molecular complexity index is 6420. The second-order valence-electron chi connectivity index (χ2n) is 37.0. The van der Waals surface area contributed by atoms with E-state index < -0.39 is 70.5 Å². The van der Waals surface area contributed by atoms with Gasteiger partial charge >= 0.3 is 0 Å². The largest absolute Gasteiger partial charge is 0.390 e. The molecule has 0 unspecified atom stereocenters. The lowest BCUT2D eigenvalue weighted by molar-refractivity contribution is -0.0309. The number of hydrogen-bond donors (Lipinski definition) is 10. The Balaban J connectivity index is 0.000000106. The molecule has 4 saturated carbocycles. The zero-order chi connectivity index (χ0) is 91.6. The highest BCUT2D eigenvalue weighted by Crippen LogP contribution is 2.60. The molecule has 16 aromatic rings. The third kappa shape index (κ3) is 15.4. The molecule has 132 heavy (non-hydrogen) atoms. The van der Waals surface area contributed by atoms with E-state index in [4.69, 9.17) is 53.6 Å². The Morgan fingerprint density at radius 2 is 0.553 bits per heavy atom. The second-order valence-corrected chi connectivity index (χ2v) is 41.1. The van der Waals surface area contributed by atoms with Crippen LogP contribution in [0.5, 0.6) is 0 Å². The Morgan fingerprint density at radius 1 is 0.318 bits per heavy atom. The zero-order valence-electron chi connectivity index (χ0n) is 71.7. The van der Waals surface area contributed by atoms with Crippen LogP contribution < -0.4 is 11.5 Å². The zero-order valence-corrected chi connectivity index (χ0v) is 79.5. The Labute approximate surface area is 798 Å². The molecule has 8 fully saturated rings. The first-order valence-electron chi connectivity index (χ1n) is 43.7. The standard InChI is InChI=1S/2C24H22BrClN4O3.2C24H24BrN5O3/c4*1-12-15-4-5-30(23(15)28-11-27-12)18-8-24(21(32)20(18)31)9-19(33-10-24)14-3-2-13-6-16(25)22(26)29-17(13)7-14/h2*2-7,11,18-21,31-32H,8-10H2,1H3;2*2-7,11,18-21,31-32H,8-10H2,1H3,(H2,26,29)/t18-,19+,20+,21+,24-;18-,19-,20+,21+,24-;18-,19+,20+,21+,24-;18-,19-,20+,21+,24-/m1111/s1. The van der Waals surface area contributed by atoms with Crippen molar-refractivity contribution in [2.24, 2.45) is 21.7 Å². The van der Waals surface area contributed by atoms with E-state index in [0.717, 1.165) is 151 Å². The van der Waals surface area contributed by atoms with E-state index in [1.54, 1.807) is 0 Å². The summed E-state index contributed by atoms with van der Waals surface area (Å²) >= 11 is 26.0. The minimum Gasteiger partial charge on any atom is -0.390 e. The van der Waals surface area contributed by atoms with Crippen LogP contribution in [-0.4, -0.2) is 194 Å². The number of fused-ring (bicyclic) bond motifs is 8. The molecule has 20 atom stereocenters. The Morgan fingerprint density at radius 3 is 0.803 bits per heavy atom. The second kappa shape index (κ2) is 34.5. The van der Waals surface area contributed by atoms with Crippen LogP contribution in [0.1, 0.15) is 145 Å². The molecule has 24 rings (SSSR count). The lowest BCUT2D eigenvalue weighted by Gasteiger charge is -2.26. The normalized spacial score (nSPS) is 29.6. The van der Waals surface area contributed by atoms with Gasteiger partial charge in [-0.2, -0.15) is 0 Å². The highest BCUT2D eigenvalue weighted by Gasteiger charge is 2.62. The molecule has 4 spiro atoms. The van der Waals surface area contributed by atoms with E-state index in [1.807, 2.05) is 192 Å². The number of aliphatic hydroxyl groups is 8. The maximum atomic E-state index is 11.1. The number of aryl methyl sites for hydroxylation is 4. The first-order chi connectivity index (χ1) is 63.4. The van der Waals surface area contributed by atoms with Crippen LogP contribution in [0.15, 0.2) is 189 Å². The number of hydrogen-bond acceptors (Lipinski definition) is 26. The molecule has 16 heterocycles. The van der Waals surface area contributed by atoms with Crippen LogP contribution in [0.3, 0.4) is 0 Å². The van der Waals surface area contributed by atoms with Crippen LogP contribution in [0.25, 0.3) is 87.7 Å². The lowest BCUT2D eigenvalue weighted by atomic mass is 9.80. The van der Waals surface area contributed by atoms with Gasteiger partial charge in [-0.15, -0.1) is 0 Å². The average molecular weight is 2080 g/mol. The SMILES string of the molecule is Cc1ncnc2c1ccn2[C@@H]1C[C@@]2(CO[C@@H](c3ccc4cc(Br)c(Cl)nc4c3)C2)[C@@H](O)[C@H]1O.Cc1ncnc2c1ccn2[C@@H]1C[C@@]2(CO[C@@H](c3ccc4cc(Br)c(N)nc4c3)C2)[C@@H](O)[C@H]1O.Cc1ncnc2c1ccn2[C@@H]1C[C@@]2(CO[C@H](c3ccc4cc(Br)c(Cl)nc4c3)C2)[C@@H](O)[C@H]1O.Cc1ncnc2c1ccn2[C@@H]1C[C@@]2(CO[C@H](c3ccc4cc(Br)c(N)nc4c3)C2)[C@@H](O)[C@H]1O. The van der Waals surface area contributed by atoms with E-state index in [9.17, 15) is 40.9 Å². The Kier molecular flexibility index (Phi) is 23.3. The molecular formula is C96H92Br4Cl2N18O12. The number of ether oxygens (including phenoxy) is 4. The van der Waals surface area contributed by atoms with Crippen LogP contribution in [0, 0.1) is 49.4 Å². The third-order valence-corrected chi connectivity index (χ3v) is 32.9. The number of pyridine rings is 4. The molecule has 4 aromatic carbocycles. The highest BCUT2D eigenvalue weighted by molar-refractivity contribution is 9.11. The Hall–Kier alpha value is -9.38. The maximum absolute atomic E-state index is 11.1. The lowest BCUT2D eigenvalue weighted by Crippen LogP contribution is -2.37. The summed E-state index contributed by atoms with van der Waals surface area (Å²) in [5.74, 6) is 0.886. The highest BCUT2D eigenvalue weighted by atomic mass is 79.9. The van der Waals surface area contributed by atoms with Gasteiger partial charge in [-0.25, -0.2) is 59.8 Å². The van der Waals surface area contributed by atoms with E-state index >= 15 is 0 Å².